The fourth-order valence-corrected chi connectivity index (χ4v) is 1.25. The largest absolute Gasteiger partial charge is 0.399 e. The molecular weight excluding hydrogens is 160 g/mol. The van der Waals surface area contributed by atoms with Gasteiger partial charge in [-0.15, -0.1) is 0 Å². The van der Waals surface area contributed by atoms with Crippen molar-refractivity contribution in [2.75, 3.05) is 5.73 Å². The van der Waals surface area contributed by atoms with Gasteiger partial charge in [-0.25, -0.2) is 0 Å². The third-order valence-corrected chi connectivity index (χ3v) is 2.41. The fraction of sp³-hybridized carbons (Fsp3) is 0.455. The minimum atomic E-state index is 0.0860. The Kier molecular flexibility index (Phi) is 2.94. The summed E-state index contributed by atoms with van der Waals surface area (Å²) < 4.78 is 0. The van der Waals surface area contributed by atoms with E-state index in [1.807, 2.05) is 19.1 Å². The van der Waals surface area contributed by atoms with E-state index in [2.05, 4.69) is 19.9 Å². The molecule has 0 heterocycles. The van der Waals surface area contributed by atoms with Gasteiger partial charge in [-0.2, -0.15) is 0 Å². The summed E-state index contributed by atoms with van der Waals surface area (Å²) in [7, 11) is 0. The van der Waals surface area contributed by atoms with E-state index in [9.17, 15) is 0 Å². The summed E-state index contributed by atoms with van der Waals surface area (Å²) in [5.74, 6) is 0.446. The first kappa shape index (κ1) is 10.1. The van der Waals surface area contributed by atoms with Crippen molar-refractivity contribution in [3.8, 4) is 0 Å². The zero-order valence-electron chi connectivity index (χ0n) is 8.54. The summed E-state index contributed by atoms with van der Waals surface area (Å²) in [6.07, 6.45) is 0. The highest BCUT2D eigenvalue weighted by molar-refractivity contribution is 5.49. The minimum Gasteiger partial charge on any atom is -0.399 e. The van der Waals surface area contributed by atoms with E-state index in [1.165, 1.54) is 0 Å². The van der Waals surface area contributed by atoms with Crippen molar-refractivity contribution in [3.63, 3.8) is 0 Å². The quantitative estimate of drug-likeness (QED) is 0.682. The summed E-state index contributed by atoms with van der Waals surface area (Å²) in [6.45, 7) is 6.22. The zero-order valence-corrected chi connectivity index (χ0v) is 8.54. The van der Waals surface area contributed by atoms with Gasteiger partial charge < -0.3 is 11.5 Å². The molecule has 0 spiro atoms. The number of hydrogen-bond acceptors (Lipinski definition) is 2. The van der Waals surface area contributed by atoms with E-state index < -0.39 is 0 Å². The molecule has 0 aliphatic rings. The highest BCUT2D eigenvalue weighted by Gasteiger charge is 2.10. The van der Waals surface area contributed by atoms with Gasteiger partial charge >= 0.3 is 0 Å². The Hall–Kier alpha value is -1.02. The molecule has 0 amide bonds. The van der Waals surface area contributed by atoms with Crippen LogP contribution >= 0.6 is 0 Å². The molecule has 1 aromatic rings. The molecule has 4 N–H and O–H groups in total. The van der Waals surface area contributed by atoms with Gasteiger partial charge in [0.1, 0.15) is 0 Å². The number of aryl methyl sites for hydroxylation is 1. The second kappa shape index (κ2) is 3.79. The number of hydrogen-bond donors (Lipinski definition) is 2. The lowest BCUT2D eigenvalue weighted by Gasteiger charge is -2.16. The van der Waals surface area contributed by atoms with Crippen molar-refractivity contribution in [1.29, 1.82) is 0 Å². The Labute approximate surface area is 79.9 Å². The van der Waals surface area contributed by atoms with Gasteiger partial charge in [0.25, 0.3) is 0 Å². The predicted molar refractivity (Wildman–Crippen MR) is 57.4 cm³/mol. The van der Waals surface area contributed by atoms with Crippen LogP contribution in [0.1, 0.15) is 31.0 Å². The van der Waals surface area contributed by atoms with Crippen molar-refractivity contribution in [1.82, 2.24) is 0 Å². The molecule has 0 fully saturated rings. The monoisotopic (exact) mass is 178 g/mol. The van der Waals surface area contributed by atoms with Crippen LogP contribution in [0.2, 0.25) is 0 Å². The van der Waals surface area contributed by atoms with Crippen LogP contribution in [0.15, 0.2) is 18.2 Å². The molecule has 0 bridgehead atoms. The number of benzene rings is 1. The van der Waals surface area contributed by atoms with Crippen molar-refractivity contribution >= 4 is 5.69 Å². The summed E-state index contributed by atoms with van der Waals surface area (Å²) in [5, 5.41) is 0. The van der Waals surface area contributed by atoms with Crippen LogP contribution in [0.4, 0.5) is 5.69 Å². The second-order valence-electron chi connectivity index (χ2n) is 3.89. The third-order valence-electron chi connectivity index (χ3n) is 2.41. The maximum absolute atomic E-state index is 6.00. The lowest BCUT2D eigenvalue weighted by Crippen LogP contribution is -2.16. The Morgan fingerprint density at radius 1 is 1.23 bits per heavy atom. The topological polar surface area (TPSA) is 52.0 Å². The van der Waals surface area contributed by atoms with Gasteiger partial charge in [0.05, 0.1) is 0 Å². The van der Waals surface area contributed by atoms with Crippen LogP contribution in [0, 0.1) is 12.8 Å². The molecule has 0 radical (unpaired) electrons. The highest BCUT2D eigenvalue weighted by Crippen LogP contribution is 2.22. The summed E-state index contributed by atoms with van der Waals surface area (Å²) >= 11 is 0. The number of anilines is 1. The first-order valence-electron chi connectivity index (χ1n) is 4.64. The van der Waals surface area contributed by atoms with Crippen molar-refractivity contribution in [2.24, 2.45) is 11.7 Å². The van der Waals surface area contributed by atoms with Crippen molar-refractivity contribution in [2.45, 2.75) is 26.8 Å². The van der Waals surface area contributed by atoms with Crippen LogP contribution in [0.5, 0.6) is 0 Å². The van der Waals surface area contributed by atoms with Crippen LogP contribution in [-0.2, 0) is 0 Å². The highest BCUT2D eigenvalue weighted by atomic mass is 14.6. The molecule has 1 atom stereocenters. The average molecular weight is 178 g/mol. The number of nitrogen functional groups attached to an aromatic ring is 1. The maximum atomic E-state index is 6.00. The molecule has 1 rings (SSSR count). The summed E-state index contributed by atoms with van der Waals surface area (Å²) in [6, 6.07) is 6.13. The van der Waals surface area contributed by atoms with E-state index in [-0.39, 0.29) is 6.04 Å². The SMILES string of the molecule is Cc1ccc([C@H](N)C(C)C)cc1N. The molecule has 13 heavy (non-hydrogen) atoms. The molecule has 1 aromatic carbocycles. The molecule has 0 aliphatic carbocycles. The number of nitrogens with two attached hydrogens (primary N) is 2. The molecular formula is C11H18N2. The van der Waals surface area contributed by atoms with E-state index in [0.717, 1.165) is 16.8 Å². The Morgan fingerprint density at radius 3 is 2.31 bits per heavy atom. The van der Waals surface area contributed by atoms with Crippen LogP contribution in [0.3, 0.4) is 0 Å². The maximum Gasteiger partial charge on any atom is 0.0347 e. The van der Waals surface area contributed by atoms with Crippen molar-refractivity contribution in [3.05, 3.63) is 29.3 Å². The standard InChI is InChI=1S/C11H18N2/c1-7(2)11(13)9-5-4-8(3)10(12)6-9/h4-7,11H,12-13H2,1-3H3/t11-/m1/s1. The van der Waals surface area contributed by atoms with E-state index >= 15 is 0 Å². The first-order chi connectivity index (χ1) is 6.02. The molecule has 0 unspecified atom stereocenters. The average Bonchev–Trinajstić information content (AvgIpc) is 2.08. The predicted octanol–water partition coefficient (Wildman–Crippen LogP) is 2.23. The first-order valence-corrected chi connectivity index (χ1v) is 4.64. The smallest absolute Gasteiger partial charge is 0.0347 e. The Balaban J connectivity index is 2.97. The van der Waals surface area contributed by atoms with E-state index in [4.69, 9.17) is 11.5 Å². The molecule has 0 aromatic heterocycles. The van der Waals surface area contributed by atoms with Crippen LogP contribution in [-0.4, -0.2) is 0 Å². The van der Waals surface area contributed by atoms with Gasteiger partial charge in [-0.05, 0) is 30.0 Å². The van der Waals surface area contributed by atoms with Gasteiger partial charge in [0, 0.05) is 11.7 Å². The molecule has 0 saturated carbocycles. The minimum absolute atomic E-state index is 0.0860. The lowest BCUT2D eigenvalue weighted by atomic mass is 9.96. The lowest BCUT2D eigenvalue weighted by molar-refractivity contribution is 0.514. The Morgan fingerprint density at radius 2 is 1.85 bits per heavy atom. The molecule has 0 aliphatic heterocycles. The van der Waals surface area contributed by atoms with Gasteiger partial charge in [-0.3, -0.25) is 0 Å². The third kappa shape index (κ3) is 2.22. The molecule has 2 heteroatoms. The summed E-state index contributed by atoms with van der Waals surface area (Å²) in [4.78, 5) is 0. The van der Waals surface area contributed by atoms with Crippen molar-refractivity contribution < 1.29 is 0 Å². The van der Waals surface area contributed by atoms with Gasteiger partial charge in [-0.1, -0.05) is 26.0 Å². The van der Waals surface area contributed by atoms with Gasteiger partial charge in [0.2, 0.25) is 0 Å². The Bertz CT molecular complexity index is 292. The van der Waals surface area contributed by atoms with Crippen LogP contribution < -0.4 is 11.5 Å². The van der Waals surface area contributed by atoms with E-state index in [1.54, 1.807) is 0 Å². The fourth-order valence-electron chi connectivity index (χ4n) is 1.25. The van der Waals surface area contributed by atoms with Gasteiger partial charge in [0.15, 0.2) is 0 Å². The molecule has 2 nitrogen and oxygen atoms in total. The zero-order chi connectivity index (χ0) is 10.0. The molecule has 72 valence electrons. The van der Waals surface area contributed by atoms with E-state index in [0.29, 0.717) is 5.92 Å². The summed E-state index contributed by atoms with van der Waals surface area (Å²) in [5.41, 5.74) is 14.9. The number of rotatable bonds is 2. The second-order valence-corrected chi connectivity index (χ2v) is 3.89. The van der Waals surface area contributed by atoms with Crippen LogP contribution in [0.25, 0.3) is 0 Å². The molecule has 0 saturated heterocycles. The normalized spacial score (nSPS) is 13.3.